The highest BCUT2D eigenvalue weighted by Gasteiger charge is 2.11. The number of rotatable bonds is 14. The van der Waals surface area contributed by atoms with Gasteiger partial charge in [-0.1, -0.05) is 0 Å². The van der Waals surface area contributed by atoms with E-state index in [0.29, 0.717) is 36.7 Å². The largest absolute Gasteiger partial charge is 1.00 e. The minimum atomic E-state index is -0.765. The molecule has 1 aromatic carbocycles. The molecule has 178 valence electrons. The number of unbranched alkanes of at least 4 members (excludes halogenated alkanes) is 4. The van der Waals surface area contributed by atoms with Crippen LogP contribution in [0.15, 0.2) is 47.1 Å². The number of hydrogen-bond donors (Lipinski definition) is 2. The van der Waals surface area contributed by atoms with Crippen LogP contribution >= 0.6 is 0 Å². The second kappa shape index (κ2) is 13.6. The van der Waals surface area contributed by atoms with Crippen LogP contribution in [-0.2, 0) is 16.1 Å². The number of aromatic nitrogens is 2. The highest BCUT2D eigenvalue weighted by atomic mass is 79.9. The monoisotopic (exact) mass is 520 g/mol. The lowest BCUT2D eigenvalue weighted by Gasteiger charge is -2.05. The predicted molar refractivity (Wildman–Crippen MR) is 117 cm³/mol. The number of nitrogens with zero attached hydrogens (tertiary/aromatic N) is 2. The summed E-state index contributed by atoms with van der Waals surface area (Å²) in [5, 5.41) is 17.3. The normalized spacial score (nSPS) is 10.7. The minimum absolute atomic E-state index is 0. The van der Waals surface area contributed by atoms with Crippen LogP contribution in [0.3, 0.4) is 0 Å². The first-order valence-electron chi connectivity index (χ1n) is 11.0. The summed E-state index contributed by atoms with van der Waals surface area (Å²) in [6.07, 6.45) is 9.16. The number of carboxylic acids is 2. The topological polar surface area (TPSA) is 114 Å². The molecule has 0 aliphatic rings. The zero-order chi connectivity index (χ0) is 22.8. The van der Waals surface area contributed by atoms with Crippen LogP contribution in [0.25, 0.3) is 22.6 Å². The van der Waals surface area contributed by atoms with E-state index in [1.54, 1.807) is 0 Å². The van der Waals surface area contributed by atoms with Crippen molar-refractivity contribution in [2.45, 2.75) is 57.9 Å². The lowest BCUT2D eigenvalue weighted by atomic mass is 10.2. The smallest absolute Gasteiger partial charge is 0.303 e. The molecule has 0 amide bonds. The van der Waals surface area contributed by atoms with Gasteiger partial charge >= 0.3 is 11.9 Å². The van der Waals surface area contributed by atoms with Gasteiger partial charge in [-0.15, -0.1) is 0 Å². The van der Waals surface area contributed by atoms with Crippen LogP contribution in [0.1, 0.15) is 51.4 Å². The van der Waals surface area contributed by atoms with Crippen LogP contribution in [0.2, 0.25) is 0 Å². The van der Waals surface area contributed by atoms with E-state index in [1.165, 1.54) is 0 Å². The van der Waals surface area contributed by atoms with E-state index in [0.717, 1.165) is 43.3 Å². The van der Waals surface area contributed by atoms with Crippen molar-refractivity contribution in [2.24, 2.45) is 0 Å². The minimum Gasteiger partial charge on any atom is -1.00 e. The number of aryl methyl sites for hydroxylation is 1. The summed E-state index contributed by atoms with van der Waals surface area (Å²) in [7, 11) is 0. The van der Waals surface area contributed by atoms with Crippen molar-refractivity contribution < 1.29 is 50.5 Å². The molecule has 0 spiro atoms. The number of halogens is 1. The van der Waals surface area contributed by atoms with Gasteiger partial charge in [0.1, 0.15) is 17.8 Å². The van der Waals surface area contributed by atoms with Crippen molar-refractivity contribution in [3.05, 3.63) is 42.7 Å². The van der Waals surface area contributed by atoms with E-state index in [9.17, 15) is 9.59 Å². The fraction of sp³-hybridized carbons (Fsp3) is 0.417. The van der Waals surface area contributed by atoms with Crippen molar-refractivity contribution >= 4 is 23.0 Å². The van der Waals surface area contributed by atoms with Gasteiger partial charge in [-0.2, -0.15) is 0 Å². The maximum atomic E-state index is 10.5. The number of fused-ring (bicyclic) bond motifs is 1. The first kappa shape index (κ1) is 26.3. The highest BCUT2D eigenvalue weighted by molar-refractivity contribution is 5.77. The van der Waals surface area contributed by atoms with Crippen LogP contribution < -0.4 is 26.3 Å². The number of carboxylic acid groups (broad SMARTS) is 2. The highest BCUT2D eigenvalue weighted by Crippen LogP contribution is 2.26. The van der Waals surface area contributed by atoms with Crippen molar-refractivity contribution in [1.29, 1.82) is 0 Å². The Labute approximate surface area is 203 Å². The number of pyridine rings is 1. The van der Waals surface area contributed by atoms with E-state index in [-0.39, 0.29) is 29.8 Å². The van der Waals surface area contributed by atoms with E-state index in [4.69, 9.17) is 19.4 Å². The second-order valence-electron chi connectivity index (χ2n) is 7.73. The van der Waals surface area contributed by atoms with E-state index in [1.807, 2.05) is 42.7 Å². The number of benzene rings is 1. The average molecular weight is 521 g/mol. The van der Waals surface area contributed by atoms with Gasteiger partial charge in [0.05, 0.1) is 6.61 Å². The third kappa shape index (κ3) is 8.84. The first-order chi connectivity index (χ1) is 15.5. The molecule has 0 saturated heterocycles. The number of ether oxygens (including phenoxy) is 1. The molecular weight excluding hydrogens is 492 g/mol. The molecule has 33 heavy (non-hydrogen) atoms. The third-order valence-electron chi connectivity index (χ3n) is 5.11. The Balaban J connectivity index is 0.00000385. The van der Waals surface area contributed by atoms with Crippen LogP contribution in [-0.4, -0.2) is 33.7 Å². The van der Waals surface area contributed by atoms with Gasteiger partial charge in [-0.05, 0) is 44.2 Å². The van der Waals surface area contributed by atoms with Crippen molar-refractivity contribution in [3.8, 4) is 17.2 Å². The molecule has 3 rings (SSSR count). The molecule has 3 aromatic rings. The van der Waals surface area contributed by atoms with Gasteiger partial charge in [0.2, 0.25) is 5.89 Å². The van der Waals surface area contributed by atoms with Crippen LogP contribution in [0, 0.1) is 0 Å². The molecule has 0 aliphatic heterocycles. The second-order valence-corrected chi connectivity index (χ2v) is 7.73. The Hall–Kier alpha value is -2.94. The standard InChI is InChI=1S/C24H28N2O6.BrH/c27-22(28)7-3-1-5-13-26-14-11-18(12-15-26)24-25-20-10-9-19(17-21(20)32-24)31-16-6-2-4-8-23(29)30;/h9-12,14-15,17H,1-8,13,16H2,(H-,27,28,29,30);1H. The molecule has 0 fully saturated rings. The summed E-state index contributed by atoms with van der Waals surface area (Å²) in [5.74, 6) is -0.266. The quantitative estimate of drug-likeness (QED) is 0.244. The van der Waals surface area contributed by atoms with Crippen molar-refractivity contribution in [2.75, 3.05) is 6.61 Å². The number of aliphatic carboxylic acids is 2. The van der Waals surface area contributed by atoms with Gasteiger partial charge in [-0.25, -0.2) is 9.55 Å². The zero-order valence-electron chi connectivity index (χ0n) is 18.4. The van der Waals surface area contributed by atoms with Crippen LogP contribution in [0.4, 0.5) is 0 Å². The Bertz CT molecular complexity index is 1040. The van der Waals surface area contributed by atoms with Gasteiger partial charge in [0, 0.05) is 43.0 Å². The first-order valence-corrected chi connectivity index (χ1v) is 11.0. The summed E-state index contributed by atoms with van der Waals surface area (Å²) in [6, 6.07) is 9.45. The Morgan fingerprint density at radius 1 is 0.909 bits per heavy atom. The number of carbonyl (C=O) groups is 2. The fourth-order valence-corrected chi connectivity index (χ4v) is 3.36. The SMILES string of the molecule is O=C(O)CCCCCOc1ccc2nc(-c3cc[n+](CCCCCC(=O)O)cc3)oc2c1.[Br-]. The molecule has 0 bridgehead atoms. The fourth-order valence-electron chi connectivity index (χ4n) is 3.36. The third-order valence-corrected chi connectivity index (χ3v) is 5.11. The Kier molecular flexibility index (Phi) is 10.8. The van der Waals surface area contributed by atoms with E-state index in [2.05, 4.69) is 9.55 Å². The molecule has 0 atom stereocenters. The lowest BCUT2D eigenvalue weighted by molar-refractivity contribution is -0.697. The average Bonchev–Trinajstić information content (AvgIpc) is 3.19. The molecule has 0 saturated carbocycles. The molecule has 0 unspecified atom stereocenters. The lowest BCUT2D eigenvalue weighted by Crippen LogP contribution is -3.00. The molecule has 8 nitrogen and oxygen atoms in total. The van der Waals surface area contributed by atoms with Gasteiger partial charge in [0.25, 0.3) is 0 Å². The van der Waals surface area contributed by atoms with E-state index >= 15 is 0 Å². The maximum absolute atomic E-state index is 10.5. The Morgan fingerprint density at radius 3 is 2.24 bits per heavy atom. The molecule has 9 heteroatoms. The zero-order valence-corrected chi connectivity index (χ0v) is 20.0. The van der Waals surface area contributed by atoms with Gasteiger partial charge in [0.15, 0.2) is 18.0 Å². The van der Waals surface area contributed by atoms with Gasteiger partial charge in [-0.3, -0.25) is 9.59 Å². The summed E-state index contributed by atoms with van der Waals surface area (Å²) in [5.41, 5.74) is 2.28. The predicted octanol–water partition coefficient (Wildman–Crippen LogP) is 1.46. The van der Waals surface area contributed by atoms with Crippen LogP contribution in [0.5, 0.6) is 5.75 Å². The molecule has 0 radical (unpaired) electrons. The molecule has 2 aromatic heterocycles. The molecule has 2 heterocycles. The van der Waals surface area contributed by atoms with Crippen molar-refractivity contribution in [3.63, 3.8) is 0 Å². The van der Waals surface area contributed by atoms with E-state index < -0.39 is 11.9 Å². The van der Waals surface area contributed by atoms with Crippen molar-refractivity contribution in [1.82, 2.24) is 4.98 Å². The summed E-state index contributed by atoms with van der Waals surface area (Å²) >= 11 is 0. The summed E-state index contributed by atoms with van der Waals surface area (Å²) < 4.78 is 13.7. The number of hydrogen-bond acceptors (Lipinski definition) is 5. The van der Waals surface area contributed by atoms with Gasteiger partial charge < -0.3 is 36.3 Å². The molecular formula is C24H29BrN2O6. The number of oxazole rings is 1. The Morgan fingerprint density at radius 2 is 1.58 bits per heavy atom. The maximum Gasteiger partial charge on any atom is 0.303 e. The molecule has 0 aliphatic carbocycles. The summed E-state index contributed by atoms with van der Waals surface area (Å²) in [6.45, 7) is 1.37. The molecule has 2 N–H and O–H groups in total. The summed E-state index contributed by atoms with van der Waals surface area (Å²) in [4.78, 5) is 25.6.